The Labute approximate surface area is 97.2 Å². The van der Waals surface area contributed by atoms with Crippen molar-refractivity contribution in [3.05, 3.63) is 28.2 Å². The largest absolute Gasteiger partial charge is 0.391 e. The summed E-state index contributed by atoms with van der Waals surface area (Å²) in [4.78, 5) is 13.0. The van der Waals surface area contributed by atoms with Gasteiger partial charge in [0.15, 0.2) is 0 Å². The molecule has 1 heterocycles. The zero-order chi connectivity index (χ0) is 11.0. The highest BCUT2D eigenvalue weighted by Crippen LogP contribution is 2.31. The van der Waals surface area contributed by atoms with Crippen molar-refractivity contribution in [2.75, 3.05) is 11.4 Å². The van der Waals surface area contributed by atoms with E-state index in [-0.39, 0.29) is 18.9 Å². The molecule has 1 aromatic rings. The van der Waals surface area contributed by atoms with Gasteiger partial charge in [-0.25, -0.2) is 0 Å². The molecular weight excluding hydrogens is 237 g/mol. The van der Waals surface area contributed by atoms with Crippen LogP contribution in [-0.4, -0.2) is 23.7 Å². The van der Waals surface area contributed by atoms with Crippen molar-refractivity contribution in [2.24, 2.45) is 0 Å². The van der Waals surface area contributed by atoms with Crippen LogP contribution in [0.15, 0.2) is 18.2 Å². The number of aliphatic hydroxyl groups excluding tert-OH is 1. The predicted molar refractivity (Wildman–Crippen MR) is 59.4 cm³/mol. The summed E-state index contributed by atoms with van der Waals surface area (Å²) >= 11 is 11.8. The van der Waals surface area contributed by atoms with Crippen LogP contribution in [0.3, 0.4) is 0 Å². The molecule has 1 aliphatic heterocycles. The normalized spacial score (nSPS) is 21.1. The zero-order valence-corrected chi connectivity index (χ0v) is 9.29. The molecule has 0 spiro atoms. The van der Waals surface area contributed by atoms with Gasteiger partial charge in [-0.3, -0.25) is 4.79 Å². The summed E-state index contributed by atoms with van der Waals surface area (Å²) in [5.74, 6) is -0.133. The maximum atomic E-state index is 11.5. The number of carbonyl (C=O) groups is 1. The van der Waals surface area contributed by atoms with Crippen molar-refractivity contribution < 1.29 is 9.90 Å². The van der Waals surface area contributed by atoms with Crippen LogP contribution in [0.5, 0.6) is 0 Å². The lowest BCUT2D eigenvalue weighted by atomic mass is 10.3. The van der Waals surface area contributed by atoms with E-state index in [9.17, 15) is 9.90 Å². The Bertz CT molecular complexity index is 408. The van der Waals surface area contributed by atoms with Crippen molar-refractivity contribution >= 4 is 34.8 Å². The topological polar surface area (TPSA) is 40.5 Å². The van der Waals surface area contributed by atoms with E-state index in [0.29, 0.717) is 15.7 Å². The molecule has 1 saturated heterocycles. The Hall–Kier alpha value is -0.770. The predicted octanol–water partition coefficient (Wildman–Crippen LogP) is 2.09. The number of hydrogen-bond acceptors (Lipinski definition) is 2. The minimum atomic E-state index is -0.618. The first-order valence-electron chi connectivity index (χ1n) is 4.51. The van der Waals surface area contributed by atoms with Crippen LogP contribution in [0.4, 0.5) is 5.69 Å². The molecule has 80 valence electrons. The summed E-state index contributed by atoms with van der Waals surface area (Å²) in [6.07, 6.45) is -0.476. The molecule has 1 amide bonds. The standard InChI is InChI=1S/C10H9Cl2NO2/c11-6-1-2-8(12)9(3-6)13-5-7(14)4-10(13)15/h1-3,7,14H,4-5H2. The summed E-state index contributed by atoms with van der Waals surface area (Å²) in [6.45, 7) is 0.277. The van der Waals surface area contributed by atoms with Gasteiger partial charge in [-0.1, -0.05) is 23.2 Å². The van der Waals surface area contributed by atoms with E-state index in [1.54, 1.807) is 18.2 Å². The number of amides is 1. The number of anilines is 1. The van der Waals surface area contributed by atoms with Crippen LogP contribution < -0.4 is 4.90 Å². The second-order valence-electron chi connectivity index (χ2n) is 3.46. The number of nitrogens with zero attached hydrogens (tertiary/aromatic N) is 1. The second-order valence-corrected chi connectivity index (χ2v) is 4.30. The van der Waals surface area contributed by atoms with Crippen molar-refractivity contribution in [3.8, 4) is 0 Å². The summed E-state index contributed by atoms with van der Waals surface area (Å²) in [5.41, 5.74) is 0.561. The van der Waals surface area contributed by atoms with Crippen LogP contribution in [-0.2, 0) is 4.79 Å². The molecule has 1 aliphatic rings. The van der Waals surface area contributed by atoms with Crippen molar-refractivity contribution in [1.82, 2.24) is 0 Å². The maximum absolute atomic E-state index is 11.5. The Morgan fingerprint density at radius 2 is 2.13 bits per heavy atom. The van der Waals surface area contributed by atoms with Gasteiger partial charge in [-0.2, -0.15) is 0 Å². The van der Waals surface area contributed by atoms with E-state index >= 15 is 0 Å². The summed E-state index contributed by atoms with van der Waals surface area (Å²) in [7, 11) is 0. The van der Waals surface area contributed by atoms with E-state index in [0.717, 1.165) is 0 Å². The van der Waals surface area contributed by atoms with Gasteiger partial charge in [0.25, 0.3) is 0 Å². The van der Waals surface area contributed by atoms with Crippen LogP contribution in [0.25, 0.3) is 0 Å². The highest BCUT2D eigenvalue weighted by Gasteiger charge is 2.30. The average Bonchev–Trinajstić information content (AvgIpc) is 2.50. The number of aliphatic hydroxyl groups is 1. The van der Waals surface area contributed by atoms with Gasteiger partial charge < -0.3 is 10.0 Å². The Kier molecular flexibility index (Phi) is 2.87. The fraction of sp³-hybridized carbons (Fsp3) is 0.300. The van der Waals surface area contributed by atoms with Gasteiger partial charge in [-0.15, -0.1) is 0 Å². The first kappa shape index (κ1) is 10.7. The van der Waals surface area contributed by atoms with Gasteiger partial charge in [0.05, 0.1) is 29.8 Å². The van der Waals surface area contributed by atoms with E-state index in [1.807, 2.05) is 0 Å². The molecule has 15 heavy (non-hydrogen) atoms. The minimum Gasteiger partial charge on any atom is -0.391 e. The number of halogens is 2. The molecule has 5 heteroatoms. The second kappa shape index (κ2) is 4.00. The lowest BCUT2D eigenvalue weighted by molar-refractivity contribution is -0.117. The molecule has 1 N–H and O–H groups in total. The van der Waals surface area contributed by atoms with Crippen molar-refractivity contribution in [1.29, 1.82) is 0 Å². The number of rotatable bonds is 1. The zero-order valence-electron chi connectivity index (χ0n) is 7.78. The number of β-amino-alcohol motifs (C(OH)–C–C–N with tert-alkyl or cyclic N) is 1. The van der Waals surface area contributed by atoms with Gasteiger partial charge in [0.1, 0.15) is 0 Å². The summed E-state index contributed by atoms with van der Waals surface area (Å²) in [6, 6.07) is 4.92. The van der Waals surface area contributed by atoms with Crippen molar-refractivity contribution in [3.63, 3.8) is 0 Å². The molecule has 3 nitrogen and oxygen atoms in total. The highest BCUT2D eigenvalue weighted by molar-refractivity contribution is 6.35. The monoisotopic (exact) mass is 245 g/mol. The van der Waals surface area contributed by atoms with E-state index < -0.39 is 6.10 Å². The SMILES string of the molecule is O=C1CC(O)CN1c1cc(Cl)ccc1Cl. The highest BCUT2D eigenvalue weighted by atomic mass is 35.5. The van der Waals surface area contributed by atoms with E-state index in [1.165, 1.54) is 4.90 Å². The average molecular weight is 246 g/mol. The van der Waals surface area contributed by atoms with Crippen LogP contribution in [0, 0.1) is 0 Å². The fourth-order valence-corrected chi connectivity index (χ4v) is 2.00. The molecule has 2 rings (SSSR count). The fourth-order valence-electron chi connectivity index (χ4n) is 1.61. The van der Waals surface area contributed by atoms with Gasteiger partial charge in [0.2, 0.25) is 5.91 Å². The minimum absolute atomic E-state index is 0.133. The lowest BCUT2D eigenvalue weighted by Crippen LogP contribution is -2.25. The quantitative estimate of drug-likeness (QED) is 0.824. The third kappa shape index (κ3) is 2.09. The molecule has 1 aromatic carbocycles. The smallest absolute Gasteiger partial charge is 0.229 e. The Morgan fingerprint density at radius 1 is 1.40 bits per heavy atom. The molecule has 1 unspecified atom stereocenters. The first-order valence-corrected chi connectivity index (χ1v) is 5.27. The molecule has 1 atom stereocenters. The molecular formula is C10H9Cl2NO2. The first-order chi connectivity index (χ1) is 7.08. The lowest BCUT2D eigenvalue weighted by Gasteiger charge is -2.17. The van der Waals surface area contributed by atoms with Gasteiger partial charge >= 0.3 is 0 Å². The number of hydrogen-bond donors (Lipinski definition) is 1. The Morgan fingerprint density at radius 3 is 2.73 bits per heavy atom. The third-order valence-electron chi connectivity index (χ3n) is 2.30. The van der Waals surface area contributed by atoms with Gasteiger partial charge in [0, 0.05) is 5.02 Å². The molecule has 0 bridgehead atoms. The third-order valence-corrected chi connectivity index (χ3v) is 2.86. The maximum Gasteiger partial charge on any atom is 0.229 e. The number of benzene rings is 1. The van der Waals surface area contributed by atoms with Crippen LogP contribution in [0.1, 0.15) is 6.42 Å². The van der Waals surface area contributed by atoms with Crippen LogP contribution in [0.2, 0.25) is 10.0 Å². The van der Waals surface area contributed by atoms with Gasteiger partial charge in [-0.05, 0) is 18.2 Å². The van der Waals surface area contributed by atoms with Crippen molar-refractivity contribution in [2.45, 2.75) is 12.5 Å². The summed E-state index contributed by atoms with van der Waals surface area (Å²) < 4.78 is 0. The molecule has 0 saturated carbocycles. The molecule has 0 aromatic heterocycles. The van der Waals surface area contributed by atoms with Crippen LogP contribution >= 0.6 is 23.2 Å². The molecule has 0 aliphatic carbocycles. The summed E-state index contributed by atoms with van der Waals surface area (Å²) in [5, 5.41) is 10.3. The number of carbonyl (C=O) groups excluding carboxylic acids is 1. The van der Waals surface area contributed by atoms with E-state index in [2.05, 4.69) is 0 Å². The molecule has 0 radical (unpaired) electrons. The molecule has 1 fully saturated rings. The Balaban J connectivity index is 2.37. The van der Waals surface area contributed by atoms with E-state index in [4.69, 9.17) is 23.2 Å².